The number of aliphatic imine (C=N–C) groups is 1. The molecule has 0 aromatic heterocycles. The molecule has 1 heterocycles. The molecule has 2 N–H and O–H groups in total. The van der Waals surface area contributed by atoms with Gasteiger partial charge in [0.15, 0.2) is 5.96 Å². The number of nitrogens with zero attached hydrogens (tertiary/aromatic N) is 2. The zero-order valence-corrected chi connectivity index (χ0v) is 20.8. The van der Waals surface area contributed by atoms with Gasteiger partial charge in [-0.05, 0) is 49.3 Å². The van der Waals surface area contributed by atoms with Crippen LogP contribution in [0.25, 0.3) is 0 Å². The first kappa shape index (κ1) is 25.0. The third-order valence-electron chi connectivity index (χ3n) is 5.46. The molecule has 30 heavy (non-hydrogen) atoms. The summed E-state index contributed by atoms with van der Waals surface area (Å²) in [5.41, 5.74) is 1.20. The lowest BCUT2D eigenvalue weighted by Crippen LogP contribution is -2.44. The van der Waals surface area contributed by atoms with Crippen LogP contribution in [0.3, 0.4) is 0 Å². The number of hydrogen-bond acceptors (Lipinski definition) is 5. The lowest BCUT2D eigenvalue weighted by atomic mass is 10.2. The van der Waals surface area contributed by atoms with Crippen molar-refractivity contribution in [3.05, 3.63) is 23.8 Å². The Morgan fingerprint density at radius 3 is 2.50 bits per heavy atom. The van der Waals surface area contributed by atoms with Gasteiger partial charge in [-0.2, -0.15) is 0 Å². The fourth-order valence-electron chi connectivity index (χ4n) is 3.61. The average molecular weight is 532 g/mol. The van der Waals surface area contributed by atoms with Crippen molar-refractivity contribution in [3.63, 3.8) is 0 Å². The second kappa shape index (κ2) is 13.2. The van der Waals surface area contributed by atoms with Crippen molar-refractivity contribution in [1.82, 2.24) is 15.5 Å². The molecule has 1 unspecified atom stereocenters. The number of nitrogens with one attached hydrogen (secondary N) is 2. The standard InChI is InChI=1S/C22H36N4O3.HI/c1-23-22(24-8-4-10-29-16-17-5-6-17)25-19-7-9-26(15-19)14-18-11-20(27-2)13-21(12-18)28-3;/h11-13,17,19H,4-10,14-16H2,1-3H3,(H2,23,24,25);1H. The number of methoxy groups -OCH3 is 2. The molecule has 1 aliphatic carbocycles. The highest BCUT2D eigenvalue weighted by molar-refractivity contribution is 14.0. The van der Waals surface area contributed by atoms with Gasteiger partial charge in [-0.25, -0.2) is 0 Å². The van der Waals surface area contributed by atoms with Gasteiger partial charge in [-0.1, -0.05) is 0 Å². The van der Waals surface area contributed by atoms with E-state index in [1.165, 1.54) is 18.4 Å². The molecule has 0 bridgehead atoms. The first-order chi connectivity index (χ1) is 14.2. The van der Waals surface area contributed by atoms with E-state index in [1.54, 1.807) is 14.2 Å². The Morgan fingerprint density at radius 2 is 1.87 bits per heavy atom. The van der Waals surface area contributed by atoms with Crippen LogP contribution in [0.5, 0.6) is 11.5 Å². The van der Waals surface area contributed by atoms with Gasteiger partial charge in [0.05, 0.1) is 14.2 Å². The van der Waals surface area contributed by atoms with Crippen molar-refractivity contribution < 1.29 is 14.2 Å². The molecule has 0 amide bonds. The Morgan fingerprint density at radius 1 is 1.13 bits per heavy atom. The monoisotopic (exact) mass is 532 g/mol. The van der Waals surface area contributed by atoms with Crippen LogP contribution < -0.4 is 20.1 Å². The zero-order chi connectivity index (χ0) is 20.5. The van der Waals surface area contributed by atoms with E-state index in [1.807, 2.05) is 13.1 Å². The first-order valence-corrected chi connectivity index (χ1v) is 10.7. The Hall–Kier alpha value is -1.26. The molecule has 8 heteroatoms. The summed E-state index contributed by atoms with van der Waals surface area (Å²) in [7, 11) is 5.20. The number of guanidine groups is 1. The van der Waals surface area contributed by atoms with Crippen molar-refractivity contribution >= 4 is 29.9 Å². The van der Waals surface area contributed by atoms with Gasteiger partial charge in [0.1, 0.15) is 11.5 Å². The average Bonchev–Trinajstić information content (AvgIpc) is 3.47. The summed E-state index contributed by atoms with van der Waals surface area (Å²) in [5.74, 6) is 3.38. The number of ether oxygens (including phenoxy) is 3. The van der Waals surface area contributed by atoms with Gasteiger partial charge >= 0.3 is 0 Å². The summed E-state index contributed by atoms with van der Waals surface area (Å²) in [6.45, 7) is 5.57. The van der Waals surface area contributed by atoms with Gasteiger partial charge in [0, 0.05) is 58.5 Å². The summed E-state index contributed by atoms with van der Waals surface area (Å²) >= 11 is 0. The van der Waals surface area contributed by atoms with Crippen LogP contribution in [0.15, 0.2) is 23.2 Å². The van der Waals surface area contributed by atoms with Gasteiger partial charge in [-0.3, -0.25) is 9.89 Å². The van der Waals surface area contributed by atoms with Crippen molar-refractivity contribution in [2.45, 2.75) is 38.3 Å². The van der Waals surface area contributed by atoms with E-state index in [9.17, 15) is 0 Å². The van der Waals surface area contributed by atoms with E-state index in [-0.39, 0.29) is 24.0 Å². The maximum atomic E-state index is 5.69. The maximum absolute atomic E-state index is 5.69. The summed E-state index contributed by atoms with van der Waals surface area (Å²) in [5, 5.41) is 6.95. The first-order valence-electron chi connectivity index (χ1n) is 10.7. The molecule has 1 saturated heterocycles. The highest BCUT2D eigenvalue weighted by Gasteiger charge is 2.23. The van der Waals surface area contributed by atoms with Crippen LogP contribution in [0.1, 0.15) is 31.2 Å². The third-order valence-corrected chi connectivity index (χ3v) is 5.46. The molecule has 1 saturated carbocycles. The number of likely N-dealkylation sites (tertiary alicyclic amines) is 1. The minimum absolute atomic E-state index is 0. The van der Waals surface area contributed by atoms with Crippen LogP contribution in [-0.2, 0) is 11.3 Å². The van der Waals surface area contributed by atoms with Crippen LogP contribution in [0, 0.1) is 5.92 Å². The Kier molecular flexibility index (Phi) is 11.0. The van der Waals surface area contributed by atoms with E-state index in [4.69, 9.17) is 14.2 Å². The molecule has 170 valence electrons. The molecule has 3 rings (SSSR count). The van der Waals surface area contributed by atoms with Gasteiger partial charge in [-0.15, -0.1) is 24.0 Å². The maximum Gasteiger partial charge on any atom is 0.191 e. The summed E-state index contributed by atoms with van der Waals surface area (Å²) < 4.78 is 16.5. The van der Waals surface area contributed by atoms with E-state index >= 15 is 0 Å². The van der Waals surface area contributed by atoms with E-state index < -0.39 is 0 Å². The minimum atomic E-state index is 0. The lowest BCUT2D eigenvalue weighted by molar-refractivity contribution is 0.123. The molecular weight excluding hydrogens is 495 g/mol. The van der Waals surface area contributed by atoms with E-state index in [2.05, 4.69) is 32.7 Å². The number of benzene rings is 1. The second-order valence-electron chi connectivity index (χ2n) is 7.96. The number of halogens is 1. The van der Waals surface area contributed by atoms with Crippen molar-refractivity contribution in [2.24, 2.45) is 10.9 Å². The third kappa shape index (κ3) is 8.47. The molecule has 1 aromatic carbocycles. The lowest BCUT2D eigenvalue weighted by Gasteiger charge is -2.19. The Bertz CT molecular complexity index is 648. The normalized spacial score (nSPS) is 19.3. The molecule has 2 fully saturated rings. The van der Waals surface area contributed by atoms with Gasteiger partial charge in [0.2, 0.25) is 0 Å². The zero-order valence-electron chi connectivity index (χ0n) is 18.5. The molecule has 1 aromatic rings. The highest BCUT2D eigenvalue weighted by atomic mass is 127. The van der Waals surface area contributed by atoms with Gasteiger partial charge < -0.3 is 24.8 Å². The van der Waals surface area contributed by atoms with Crippen LogP contribution in [0.2, 0.25) is 0 Å². The molecular formula is C22H37IN4O3. The van der Waals surface area contributed by atoms with Crippen molar-refractivity contribution in [1.29, 1.82) is 0 Å². The molecule has 7 nitrogen and oxygen atoms in total. The fourth-order valence-corrected chi connectivity index (χ4v) is 3.61. The minimum Gasteiger partial charge on any atom is -0.497 e. The topological polar surface area (TPSA) is 67.4 Å². The predicted molar refractivity (Wildman–Crippen MR) is 131 cm³/mol. The van der Waals surface area contributed by atoms with E-state index in [0.29, 0.717) is 6.04 Å². The van der Waals surface area contributed by atoms with Gasteiger partial charge in [0.25, 0.3) is 0 Å². The van der Waals surface area contributed by atoms with E-state index in [0.717, 1.165) is 75.6 Å². The smallest absolute Gasteiger partial charge is 0.191 e. The second-order valence-corrected chi connectivity index (χ2v) is 7.96. The SMILES string of the molecule is CN=C(NCCCOCC1CC1)NC1CCN(Cc2cc(OC)cc(OC)c2)C1.I. The summed E-state index contributed by atoms with van der Waals surface area (Å²) in [6, 6.07) is 6.47. The fraction of sp³-hybridized carbons (Fsp3) is 0.682. The Balaban J connectivity index is 0.00000320. The highest BCUT2D eigenvalue weighted by Crippen LogP contribution is 2.28. The Labute approximate surface area is 197 Å². The number of hydrogen-bond donors (Lipinski definition) is 2. The van der Waals surface area contributed by atoms with Crippen molar-refractivity contribution in [3.8, 4) is 11.5 Å². The largest absolute Gasteiger partial charge is 0.497 e. The van der Waals surface area contributed by atoms with Crippen molar-refractivity contribution in [2.75, 3.05) is 54.1 Å². The molecule has 1 atom stereocenters. The van der Waals surface area contributed by atoms with Crippen LogP contribution in [0.4, 0.5) is 0 Å². The molecule has 0 radical (unpaired) electrons. The number of rotatable bonds is 11. The van der Waals surface area contributed by atoms with Crippen LogP contribution in [-0.4, -0.2) is 71.0 Å². The quantitative estimate of drug-likeness (QED) is 0.198. The van der Waals surface area contributed by atoms with Crippen LogP contribution >= 0.6 is 24.0 Å². The summed E-state index contributed by atoms with van der Waals surface area (Å²) in [4.78, 5) is 6.81. The molecule has 2 aliphatic rings. The summed E-state index contributed by atoms with van der Waals surface area (Å²) in [6.07, 6.45) is 4.80. The molecule has 0 spiro atoms. The molecule has 1 aliphatic heterocycles. The predicted octanol–water partition coefficient (Wildman–Crippen LogP) is 2.88.